The molecule has 32 heavy (non-hydrogen) atoms. The van der Waals surface area contributed by atoms with E-state index in [1.807, 2.05) is 6.07 Å². The van der Waals surface area contributed by atoms with Crippen LogP contribution in [0.15, 0.2) is 41.2 Å². The van der Waals surface area contributed by atoms with Gasteiger partial charge in [0.1, 0.15) is 17.3 Å². The van der Waals surface area contributed by atoms with E-state index in [-0.39, 0.29) is 54.8 Å². The number of hydrogen-bond acceptors (Lipinski definition) is 6. The number of phenolic OH excluding ortho intramolecular Hbond substituents is 1. The average molecular weight is 443 g/mol. The number of carbonyl (C=O) groups excluding carboxylic acids is 3. The van der Waals surface area contributed by atoms with Crippen molar-refractivity contribution in [3.8, 4) is 5.75 Å². The molecule has 0 saturated heterocycles. The van der Waals surface area contributed by atoms with E-state index in [9.17, 15) is 29.7 Å². The second kappa shape index (κ2) is 7.74. The Labute approximate surface area is 188 Å². The molecule has 1 aromatic carbocycles. The van der Waals surface area contributed by atoms with Gasteiger partial charge in [-0.15, -0.1) is 0 Å². The van der Waals surface area contributed by atoms with Gasteiger partial charge in [-0.05, 0) is 61.6 Å². The summed E-state index contributed by atoms with van der Waals surface area (Å²) in [7, 11) is 0. The Morgan fingerprint density at radius 2 is 1.88 bits per heavy atom. The maximum Gasteiger partial charge on any atom is 0.173 e. The van der Waals surface area contributed by atoms with Crippen LogP contribution < -0.4 is 0 Å². The van der Waals surface area contributed by atoms with Crippen LogP contribution in [-0.4, -0.2) is 38.1 Å². The fraction of sp³-hybridized carbons (Fsp3) is 0.400. The maximum atomic E-state index is 13.4. The Bertz CT molecular complexity index is 1150. The first kappa shape index (κ1) is 22.0. The second-order valence-electron chi connectivity index (χ2n) is 9.08. The van der Waals surface area contributed by atoms with Gasteiger partial charge in [-0.3, -0.25) is 14.4 Å². The lowest BCUT2D eigenvalue weighted by Crippen LogP contribution is -2.43. The molecule has 1 saturated carbocycles. The topological polar surface area (TPSA) is 143 Å². The molecule has 1 aromatic rings. The van der Waals surface area contributed by atoms with Gasteiger partial charge in [-0.1, -0.05) is 18.2 Å². The Morgan fingerprint density at radius 3 is 2.53 bits per heavy atom. The van der Waals surface area contributed by atoms with E-state index in [0.717, 1.165) is 24.0 Å². The molecule has 0 aromatic heterocycles. The van der Waals surface area contributed by atoms with Gasteiger partial charge in [0.05, 0.1) is 17.1 Å². The van der Waals surface area contributed by atoms with Crippen LogP contribution in [0.5, 0.6) is 5.75 Å². The highest BCUT2D eigenvalue weighted by Gasteiger charge is 2.50. The van der Waals surface area contributed by atoms with Crippen molar-refractivity contribution in [2.75, 3.05) is 0 Å². The van der Waals surface area contributed by atoms with Crippen LogP contribution in [0.3, 0.4) is 0 Å². The number of rotatable bonds is 2. The quantitative estimate of drug-likeness (QED) is 0.472. The molecule has 5 N–H and O–H groups in total. The molecule has 4 aliphatic rings. The molecule has 7 heteroatoms. The molecule has 1 fully saturated rings. The van der Waals surface area contributed by atoms with Crippen LogP contribution in [0.2, 0.25) is 0 Å². The van der Waals surface area contributed by atoms with Gasteiger partial charge >= 0.3 is 0 Å². The number of aliphatic hydroxyl groups is 2. The van der Waals surface area contributed by atoms with Crippen molar-refractivity contribution in [1.29, 1.82) is 0 Å². The smallest absolute Gasteiger partial charge is 0.173 e. The van der Waals surface area contributed by atoms with E-state index in [4.69, 9.17) is 0 Å². The summed E-state index contributed by atoms with van der Waals surface area (Å²) in [6, 6.07) is 3.44. The van der Waals surface area contributed by atoms with Gasteiger partial charge in [0, 0.05) is 20.8 Å². The largest absolute Gasteiger partial charge is 0.511 e. The van der Waals surface area contributed by atoms with Crippen molar-refractivity contribution in [3.05, 3.63) is 57.9 Å². The summed E-state index contributed by atoms with van der Waals surface area (Å²) in [5.74, 6) is -3.75. The lowest BCUT2D eigenvalue weighted by Gasteiger charge is -2.41. The number of Topliss-reactive ketones (excluding diaryl/α,β-unsaturated/α-hetero) is 3. The fourth-order valence-corrected chi connectivity index (χ4v) is 6.02. The van der Waals surface area contributed by atoms with Gasteiger partial charge < -0.3 is 20.8 Å². The van der Waals surface area contributed by atoms with E-state index in [0.29, 0.717) is 12.8 Å². The minimum absolute atomic E-state index is 0. The van der Waals surface area contributed by atoms with E-state index in [1.54, 1.807) is 6.07 Å². The minimum atomic E-state index is -1.00. The summed E-state index contributed by atoms with van der Waals surface area (Å²) >= 11 is 0. The summed E-state index contributed by atoms with van der Waals surface area (Å²) in [5.41, 5.74) is 2.07. The number of aliphatic hydroxyl groups excluding tert-OH is 2. The molecule has 172 valence electrons. The van der Waals surface area contributed by atoms with E-state index < -0.39 is 34.9 Å². The van der Waals surface area contributed by atoms with Gasteiger partial charge in [-0.2, -0.15) is 0 Å². The molecule has 4 unspecified atom stereocenters. The van der Waals surface area contributed by atoms with Gasteiger partial charge in [0.15, 0.2) is 17.3 Å². The van der Waals surface area contributed by atoms with Crippen molar-refractivity contribution in [3.63, 3.8) is 0 Å². The summed E-state index contributed by atoms with van der Waals surface area (Å²) in [4.78, 5) is 37.7. The lowest BCUT2D eigenvalue weighted by molar-refractivity contribution is -0.127. The van der Waals surface area contributed by atoms with Gasteiger partial charge in [0.2, 0.25) is 0 Å². The molecule has 7 nitrogen and oxygen atoms in total. The molecule has 5 rings (SSSR count). The molecule has 4 aliphatic carbocycles. The van der Waals surface area contributed by atoms with Crippen molar-refractivity contribution in [1.82, 2.24) is 0 Å². The molecule has 0 amide bonds. The third-order valence-corrected chi connectivity index (χ3v) is 7.33. The zero-order chi connectivity index (χ0) is 22.0. The highest BCUT2D eigenvalue weighted by molar-refractivity contribution is 6.21. The minimum Gasteiger partial charge on any atom is -0.511 e. The molecular weight excluding hydrogens is 412 g/mol. The number of phenols is 1. The molecule has 0 bridgehead atoms. The highest BCUT2D eigenvalue weighted by atomic mass is 16.3. The summed E-state index contributed by atoms with van der Waals surface area (Å²) in [6.45, 7) is 1.20. The number of ketones is 3. The molecule has 0 heterocycles. The zero-order valence-electron chi connectivity index (χ0n) is 17.7. The first-order valence-corrected chi connectivity index (χ1v) is 10.8. The van der Waals surface area contributed by atoms with E-state index in [1.165, 1.54) is 6.92 Å². The third kappa shape index (κ3) is 3.03. The van der Waals surface area contributed by atoms with Crippen LogP contribution in [-0.2, 0) is 20.8 Å². The van der Waals surface area contributed by atoms with Crippen molar-refractivity contribution in [2.45, 2.75) is 44.9 Å². The average Bonchev–Trinajstić information content (AvgIpc) is 3.21. The first-order chi connectivity index (χ1) is 14.8. The molecule has 0 spiro atoms. The molecular formula is C25H30O7. The first-order valence-electron chi connectivity index (χ1n) is 10.8. The zero-order valence-corrected chi connectivity index (χ0v) is 17.7. The normalized spacial score (nSPS) is 28.8. The van der Waals surface area contributed by atoms with Crippen LogP contribution >= 0.6 is 0 Å². The Kier molecular flexibility index (Phi) is 5.33. The van der Waals surface area contributed by atoms with Gasteiger partial charge in [0.25, 0.3) is 0 Å². The fourth-order valence-electron chi connectivity index (χ4n) is 6.02. The van der Waals surface area contributed by atoms with Crippen LogP contribution in [0.1, 0.15) is 58.1 Å². The Morgan fingerprint density at radius 1 is 1.12 bits per heavy atom. The Hall–Kier alpha value is -3.19. The summed E-state index contributed by atoms with van der Waals surface area (Å²) in [6.07, 6.45) is 7.16. The summed E-state index contributed by atoms with van der Waals surface area (Å²) in [5, 5.41) is 32.3. The second-order valence-corrected chi connectivity index (χ2v) is 9.08. The van der Waals surface area contributed by atoms with Gasteiger partial charge in [-0.25, -0.2) is 0 Å². The third-order valence-electron chi connectivity index (χ3n) is 7.33. The number of benzene rings is 1. The van der Waals surface area contributed by atoms with E-state index >= 15 is 0 Å². The number of fused-ring (bicyclic) bond motifs is 3. The molecule has 0 aliphatic heterocycles. The predicted octanol–water partition coefficient (Wildman–Crippen LogP) is 3.51. The van der Waals surface area contributed by atoms with Crippen molar-refractivity contribution in [2.24, 2.45) is 17.8 Å². The maximum absolute atomic E-state index is 13.4. The number of allylic oxidation sites excluding steroid dienone is 5. The Balaban J connectivity index is 0.00000136. The lowest BCUT2D eigenvalue weighted by atomic mass is 9.61. The monoisotopic (exact) mass is 442 g/mol. The number of aromatic hydroxyl groups is 1. The molecule has 0 radical (unpaired) electrons. The standard InChI is InChI=1S/C25H24O6.H2O.2H2/c1-11(26)19-18(28)10-14-8-13-9-16-15(12-4-2-3-5-12)6-7-17(27)22(16)25(31)20(13)24(30)21(14)23(19)29;;;/h2,4,6-7,12-14,21,27,29,31H,3,5,8-10H2,1H3;1H2;2*1H. The van der Waals surface area contributed by atoms with E-state index in [2.05, 4.69) is 12.2 Å². The predicted molar refractivity (Wildman–Crippen MR) is 120 cm³/mol. The number of carbonyl (C=O) groups is 3. The highest BCUT2D eigenvalue weighted by Crippen LogP contribution is 2.51. The van der Waals surface area contributed by atoms with Crippen LogP contribution in [0.4, 0.5) is 0 Å². The summed E-state index contributed by atoms with van der Waals surface area (Å²) < 4.78 is 0. The number of hydrogen-bond donors (Lipinski definition) is 3. The van der Waals surface area contributed by atoms with Crippen LogP contribution in [0, 0.1) is 17.8 Å². The van der Waals surface area contributed by atoms with Crippen molar-refractivity contribution >= 4 is 23.1 Å². The van der Waals surface area contributed by atoms with Crippen molar-refractivity contribution < 1.29 is 38.0 Å². The molecule has 4 atom stereocenters. The van der Waals surface area contributed by atoms with Crippen LogP contribution in [0.25, 0.3) is 5.76 Å². The SMILES string of the molecule is CC(=O)C1=C(O)C2C(=O)C3=C(O)c4c(O)ccc(C5C=CCC5)c4CC3CC2CC1=O.O.[HH].[HH].